The van der Waals surface area contributed by atoms with Crippen LogP contribution in [0.1, 0.15) is 38.5 Å². The Morgan fingerprint density at radius 2 is 1.90 bits per heavy atom. The largest absolute Gasteiger partial charge is 0.0913 e. The molecule has 0 atom stereocenters. The van der Waals surface area contributed by atoms with E-state index in [1.54, 1.807) is 5.92 Å². The van der Waals surface area contributed by atoms with Crippen molar-refractivity contribution in [1.82, 2.24) is 0 Å². The summed E-state index contributed by atoms with van der Waals surface area (Å²) >= 11 is 2.11. The van der Waals surface area contributed by atoms with Crippen molar-refractivity contribution in [2.24, 2.45) is 0 Å². The van der Waals surface area contributed by atoms with Crippen LogP contribution in [0.2, 0.25) is 0 Å². The fourth-order valence-electron chi connectivity index (χ4n) is 1.39. The fraction of sp³-hybridized carbons (Fsp3) is 0.667. The molecule has 1 radical (unpaired) electrons. The van der Waals surface area contributed by atoms with Gasteiger partial charge >= 0.3 is 0 Å². The molecule has 0 nitrogen and oxygen atoms in total. The molecule has 55 valence electrons. The third-order valence-electron chi connectivity index (χ3n) is 1.97. The Morgan fingerprint density at radius 1 is 1.20 bits per heavy atom. The third kappa shape index (κ3) is 2.92. The van der Waals surface area contributed by atoms with Gasteiger partial charge in [-0.2, -0.15) is 0 Å². The lowest BCUT2D eigenvalue weighted by Crippen LogP contribution is -2.02. The second-order valence-electron chi connectivity index (χ2n) is 2.76. The lowest BCUT2D eigenvalue weighted by atomic mass is 9.87. The highest BCUT2D eigenvalue weighted by atomic mass is 127. The average Bonchev–Trinajstić information content (AvgIpc) is 2.03. The molecule has 0 N–H and O–H groups in total. The van der Waals surface area contributed by atoms with E-state index in [0.29, 0.717) is 0 Å². The molecule has 0 spiro atoms. The SMILES string of the molecule is IC#CC[C]1CCCCC1. The molecule has 0 heterocycles. The highest BCUT2D eigenvalue weighted by Crippen LogP contribution is 2.27. The molecular weight excluding hydrogens is 235 g/mol. The van der Waals surface area contributed by atoms with E-state index in [1.165, 1.54) is 32.1 Å². The predicted octanol–water partition coefficient (Wildman–Crippen LogP) is 3.31. The molecule has 10 heavy (non-hydrogen) atoms. The first-order valence-electron chi connectivity index (χ1n) is 3.85. The molecule has 0 aromatic rings. The van der Waals surface area contributed by atoms with Crippen LogP contribution in [0, 0.1) is 15.8 Å². The summed E-state index contributed by atoms with van der Waals surface area (Å²) in [7, 11) is 0. The second-order valence-corrected chi connectivity index (χ2v) is 3.30. The Hall–Kier alpha value is 0.290. The molecule has 0 saturated heterocycles. The molecule has 0 amide bonds. The summed E-state index contributed by atoms with van der Waals surface area (Å²) in [6.07, 6.45) is 7.97. The van der Waals surface area contributed by atoms with Crippen molar-refractivity contribution in [3.63, 3.8) is 0 Å². The summed E-state index contributed by atoms with van der Waals surface area (Å²) in [6, 6.07) is 0. The smallest absolute Gasteiger partial charge is 0.0181 e. The van der Waals surface area contributed by atoms with E-state index >= 15 is 0 Å². The van der Waals surface area contributed by atoms with Crippen LogP contribution < -0.4 is 0 Å². The zero-order chi connectivity index (χ0) is 7.23. The molecule has 1 rings (SSSR count). The number of hydrogen-bond donors (Lipinski definition) is 0. The first-order chi connectivity index (χ1) is 4.93. The van der Waals surface area contributed by atoms with Crippen molar-refractivity contribution < 1.29 is 0 Å². The summed E-state index contributed by atoms with van der Waals surface area (Å²) in [6.45, 7) is 0. The Labute approximate surface area is 76.9 Å². The number of halogens is 1. The normalized spacial score (nSPS) is 19.7. The van der Waals surface area contributed by atoms with Gasteiger partial charge in [-0.15, -0.1) is 0 Å². The Bertz CT molecular complexity index is 135. The summed E-state index contributed by atoms with van der Waals surface area (Å²) in [5.74, 6) is 4.79. The standard InChI is InChI=1S/C9H12I/c10-8-4-7-9-5-2-1-3-6-9/h1-3,5-7H2. The highest BCUT2D eigenvalue weighted by Gasteiger charge is 2.11. The van der Waals surface area contributed by atoms with Crippen LogP contribution in [0.25, 0.3) is 0 Å². The highest BCUT2D eigenvalue weighted by molar-refractivity contribution is 14.1. The molecule has 0 aromatic heterocycles. The summed E-state index contributed by atoms with van der Waals surface area (Å²) in [5.41, 5.74) is 0. The van der Waals surface area contributed by atoms with Crippen molar-refractivity contribution in [2.45, 2.75) is 38.5 Å². The summed E-state index contributed by atoms with van der Waals surface area (Å²) < 4.78 is 2.91. The maximum atomic E-state index is 3.12. The molecule has 0 unspecified atom stereocenters. The van der Waals surface area contributed by atoms with Crippen molar-refractivity contribution in [3.05, 3.63) is 5.92 Å². The summed E-state index contributed by atoms with van der Waals surface area (Å²) in [5, 5.41) is 0. The van der Waals surface area contributed by atoms with Crippen LogP contribution in [0.15, 0.2) is 0 Å². The summed E-state index contributed by atoms with van der Waals surface area (Å²) in [4.78, 5) is 0. The van der Waals surface area contributed by atoms with E-state index in [4.69, 9.17) is 0 Å². The lowest BCUT2D eigenvalue weighted by Gasteiger charge is -2.17. The van der Waals surface area contributed by atoms with Gasteiger partial charge in [-0.1, -0.05) is 25.2 Å². The van der Waals surface area contributed by atoms with Gasteiger partial charge in [-0.3, -0.25) is 0 Å². The lowest BCUT2D eigenvalue weighted by molar-refractivity contribution is 0.526. The molecule has 0 aliphatic heterocycles. The van der Waals surface area contributed by atoms with Gasteiger partial charge in [0.05, 0.1) is 0 Å². The van der Waals surface area contributed by atoms with Gasteiger partial charge < -0.3 is 0 Å². The zero-order valence-corrected chi connectivity index (χ0v) is 8.28. The van der Waals surface area contributed by atoms with Crippen molar-refractivity contribution in [2.75, 3.05) is 0 Å². The van der Waals surface area contributed by atoms with E-state index in [-0.39, 0.29) is 0 Å². The maximum Gasteiger partial charge on any atom is 0.0181 e. The molecule has 1 saturated carbocycles. The van der Waals surface area contributed by atoms with E-state index in [9.17, 15) is 0 Å². The molecular formula is C9H12I. The van der Waals surface area contributed by atoms with Gasteiger partial charge in [0.2, 0.25) is 0 Å². The molecule has 1 heteroatoms. The minimum absolute atomic E-state index is 1.06. The quantitative estimate of drug-likeness (QED) is 0.492. The monoisotopic (exact) mass is 247 g/mol. The van der Waals surface area contributed by atoms with Gasteiger partial charge in [0.25, 0.3) is 0 Å². The van der Waals surface area contributed by atoms with Gasteiger partial charge in [0.1, 0.15) is 0 Å². The predicted molar refractivity (Wildman–Crippen MR) is 52.7 cm³/mol. The third-order valence-corrected chi connectivity index (χ3v) is 2.35. The number of hydrogen-bond acceptors (Lipinski definition) is 0. The molecule has 1 aliphatic carbocycles. The van der Waals surface area contributed by atoms with Crippen LogP contribution in [-0.4, -0.2) is 0 Å². The molecule has 1 fully saturated rings. The van der Waals surface area contributed by atoms with Gasteiger partial charge in [0, 0.05) is 29.0 Å². The number of rotatable bonds is 1. The van der Waals surface area contributed by atoms with E-state index < -0.39 is 0 Å². The first kappa shape index (κ1) is 8.39. The molecule has 0 aromatic carbocycles. The van der Waals surface area contributed by atoms with Crippen molar-refractivity contribution in [1.29, 1.82) is 0 Å². The topological polar surface area (TPSA) is 0 Å². The fourth-order valence-corrected chi connectivity index (χ4v) is 1.58. The van der Waals surface area contributed by atoms with Crippen LogP contribution >= 0.6 is 22.6 Å². The first-order valence-corrected chi connectivity index (χ1v) is 4.93. The maximum absolute atomic E-state index is 3.12. The van der Waals surface area contributed by atoms with Crippen LogP contribution in [0.3, 0.4) is 0 Å². The molecule has 0 bridgehead atoms. The zero-order valence-electron chi connectivity index (χ0n) is 6.12. The Kier molecular flexibility index (Phi) is 4.20. The van der Waals surface area contributed by atoms with Crippen LogP contribution in [0.4, 0.5) is 0 Å². The van der Waals surface area contributed by atoms with Gasteiger partial charge in [0.15, 0.2) is 0 Å². The van der Waals surface area contributed by atoms with E-state index in [2.05, 4.69) is 32.4 Å². The van der Waals surface area contributed by atoms with Crippen LogP contribution in [0.5, 0.6) is 0 Å². The molecule has 1 aliphatic rings. The average molecular weight is 247 g/mol. The Morgan fingerprint density at radius 3 is 2.50 bits per heavy atom. The van der Waals surface area contributed by atoms with Crippen molar-refractivity contribution in [3.8, 4) is 9.85 Å². The van der Waals surface area contributed by atoms with Gasteiger partial charge in [-0.05, 0) is 22.7 Å². The Balaban J connectivity index is 2.17. The van der Waals surface area contributed by atoms with Crippen LogP contribution in [-0.2, 0) is 0 Å². The minimum Gasteiger partial charge on any atom is -0.0913 e. The second kappa shape index (κ2) is 5.01. The van der Waals surface area contributed by atoms with E-state index in [1.807, 2.05) is 0 Å². The van der Waals surface area contributed by atoms with E-state index in [0.717, 1.165) is 6.42 Å². The minimum atomic E-state index is 1.06. The van der Waals surface area contributed by atoms with Crippen molar-refractivity contribution >= 4 is 22.6 Å². The van der Waals surface area contributed by atoms with Gasteiger partial charge in [-0.25, -0.2) is 0 Å².